The van der Waals surface area contributed by atoms with Gasteiger partial charge in [-0.25, -0.2) is 9.78 Å². The van der Waals surface area contributed by atoms with Crippen LogP contribution in [0.4, 0.5) is 0 Å². The second-order valence-electron chi connectivity index (χ2n) is 4.88. The quantitative estimate of drug-likeness (QED) is 0.694. The number of nitrogens with zero attached hydrogens (tertiary/aromatic N) is 2. The van der Waals surface area contributed by atoms with Crippen LogP contribution in [0.2, 0.25) is 0 Å². The lowest BCUT2D eigenvalue weighted by Gasteiger charge is -2.06. The Morgan fingerprint density at radius 3 is 2.68 bits per heavy atom. The largest absolute Gasteiger partial charge is 0.497 e. The molecule has 0 unspecified atom stereocenters. The molecule has 0 radical (unpaired) electrons. The van der Waals surface area contributed by atoms with Crippen LogP contribution in [0.15, 0.2) is 48.7 Å². The summed E-state index contributed by atoms with van der Waals surface area (Å²) in [5.41, 5.74) is 3.06. The smallest absolute Gasteiger partial charge is 0.338 e. The first-order chi connectivity index (χ1) is 10.7. The maximum atomic E-state index is 12.1. The molecule has 0 saturated heterocycles. The molecule has 0 amide bonds. The van der Waals surface area contributed by atoms with Gasteiger partial charge in [0.25, 0.3) is 0 Å². The number of carbonyl (C=O) groups excluding carboxylic acids is 1. The van der Waals surface area contributed by atoms with Gasteiger partial charge < -0.3 is 13.9 Å². The number of ether oxygens (including phenoxy) is 2. The normalized spacial score (nSPS) is 10.6. The van der Waals surface area contributed by atoms with Crippen molar-refractivity contribution in [2.75, 3.05) is 7.11 Å². The van der Waals surface area contributed by atoms with E-state index in [0.717, 1.165) is 17.0 Å². The van der Waals surface area contributed by atoms with Crippen molar-refractivity contribution >= 4 is 11.6 Å². The summed E-state index contributed by atoms with van der Waals surface area (Å²) in [5.74, 6) is 0.335. The number of esters is 1. The molecule has 3 aromatic rings. The molecule has 1 aromatic carbocycles. The summed E-state index contributed by atoms with van der Waals surface area (Å²) < 4.78 is 12.4. The predicted octanol–water partition coefficient (Wildman–Crippen LogP) is 3.01. The Balaban J connectivity index is 1.75. The maximum absolute atomic E-state index is 12.1. The number of imidazole rings is 1. The number of aromatic nitrogens is 2. The molecule has 112 valence electrons. The van der Waals surface area contributed by atoms with Crippen molar-refractivity contribution in [2.24, 2.45) is 0 Å². The lowest BCUT2D eigenvalue weighted by atomic mass is 10.2. The summed E-state index contributed by atoms with van der Waals surface area (Å²) in [4.78, 5) is 16.5. The number of pyridine rings is 1. The fraction of sp³-hybridized carbons (Fsp3) is 0.176. The first-order valence-electron chi connectivity index (χ1n) is 6.93. The summed E-state index contributed by atoms with van der Waals surface area (Å²) in [6.45, 7) is 2.09. The minimum Gasteiger partial charge on any atom is -0.497 e. The van der Waals surface area contributed by atoms with E-state index in [1.54, 1.807) is 31.4 Å². The Morgan fingerprint density at radius 2 is 1.95 bits per heavy atom. The van der Waals surface area contributed by atoms with Crippen LogP contribution in [0.3, 0.4) is 0 Å². The van der Waals surface area contributed by atoms with Crippen LogP contribution in [0.25, 0.3) is 5.65 Å². The monoisotopic (exact) mass is 296 g/mol. The highest BCUT2D eigenvalue weighted by atomic mass is 16.5. The van der Waals surface area contributed by atoms with Gasteiger partial charge in [-0.3, -0.25) is 0 Å². The average molecular weight is 296 g/mol. The summed E-state index contributed by atoms with van der Waals surface area (Å²) in [6.07, 6.45) is 1.91. The molecule has 0 N–H and O–H groups in total. The lowest BCUT2D eigenvalue weighted by Crippen LogP contribution is -2.07. The van der Waals surface area contributed by atoms with Gasteiger partial charge in [0, 0.05) is 6.20 Å². The summed E-state index contributed by atoms with van der Waals surface area (Å²) in [6, 6.07) is 12.6. The Morgan fingerprint density at radius 1 is 1.18 bits per heavy atom. The van der Waals surface area contributed by atoms with E-state index in [1.807, 2.05) is 35.7 Å². The Kier molecular flexibility index (Phi) is 3.78. The molecule has 0 atom stereocenters. The van der Waals surface area contributed by atoms with E-state index < -0.39 is 0 Å². The third-order valence-electron chi connectivity index (χ3n) is 3.49. The van der Waals surface area contributed by atoms with Gasteiger partial charge in [-0.05, 0) is 43.3 Å². The molecule has 22 heavy (non-hydrogen) atoms. The summed E-state index contributed by atoms with van der Waals surface area (Å²) in [5, 5.41) is 0. The molecule has 0 aliphatic carbocycles. The molecule has 0 fully saturated rings. The topological polar surface area (TPSA) is 52.8 Å². The highest BCUT2D eigenvalue weighted by Crippen LogP contribution is 2.15. The SMILES string of the molecule is COc1ccc(C(=O)OCc2c(C)nc3ccccn23)cc1. The molecular weight excluding hydrogens is 280 g/mol. The number of fused-ring (bicyclic) bond motifs is 1. The molecule has 0 spiro atoms. The predicted molar refractivity (Wildman–Crippen MR) is 82.0 cm³/mol. The number of aryl methyl sites for hydroxylation is 1. The van der Waals surface area contributed by atoms with Gasteiger partial charge in [0.1, 0.15) is 18.0 Å². The summed E-state index contributed by atoms with van der Waals surface area (Å²) >= 11 is 0. The molecule has 5 heteroatoms. The molecule has 0 aliphatic rings. The number of hydrogen-bond donors (Lipinski definition) is 0. The average Bonchev–Trinajstić information content (AvgIpc) is 2.88. The third kappa shape index (κ3) is 2.65. The first-order valence-corrected chi connectivity index (χ1v) is 6.93. The Labute approximate surface area is 128 Å². The van der Waals surface area contributed by atoms with E-state index in [-0.39, 0.29) is 12.6 Å². The second-order valence-corrected chi connectivity index (χ2v) is 4.88. The van der Waals surface area contributed by atoms with E-state index in [1.165, 1.54) is 0 Å². The van der Waals surface area contributed by atoms with Crippen molar-refractivity contribution in [2.45, 2.75) is 13.5 Å². The standard InChI is InChI=1S/C17H16N2O3/c1-12-15(19-10-4-3-5-16(19)18-12)11-22-17(20)13-6-8-14(21-2)9-7-13/h3-10H,11H2,1-2H3. The van der Waals surface area contributed by atoms with Crippen LogP contribution in [0.5, 0.6) is 5.75 Å². The number of hydrogen-bond acceptors (Lipinski definition) is 4. The van der Waals surface area contributed by atoms with E-state index >= 15 is 0 Å². The number of carbonyl (C=O) groups is 1. The lowest BCUT2D eigenvalue weighted by molar-refractivity contribution is 0.0466. The number of rotatable bonds is 4. The molecule has 5 nitrogen and oxygen atoms in total. The summed E-state index contributed by atoms with van der Waals surface area (Å²) in [7, 11) is 1.58. The van der Waals surface area contributed by atoms with Crippen LogP contribution >= 0.6 is 0 Å². The Bertz CT molecular complexity index is 806. The van der Waals surface area contributed by atoms with Crippen LogP contribution in [0.1, 0.15) is 21.7 Å². The van der Waals surface area contributed by atoms with Crippen LogP contribution in [0, 0.1) is 6.92 Å². The van der Waals surface area contributed by atoms with E-state index in [0.29, 0.717) is 11.3 Å². The molecule has 0 aliphatic heterocycles. The van der Waals surface area contributed by atoms with Gasteiger partial charge in [-0.15, -0.1) is 0 Å². The molecule has 0 saturated carbocycles. The molecule has 2 aromatic heterocycles. The van der Waals surface area contributed by atoms with Crippen molar-refractivity contribution in [1.82, 2.24) is 9.38 Å². The molecule has 0 bridgehead atoms. The van der Waals surface area contributed by atoms with E-state index in [9.17, 15) is 4.79 Å². The third-order valence-corrected chi connectivity index (χ3v) is 3.49. The van der Waals surface area contributed by atoms with Crippen molar-refractivity contribution < 1.29 is 14.3 Å². The fourth-order valence-electron chi connectivity index (χ4n) is 2.28. The van der Waals surface area contributed by atoms with Gasteiger partial charge in [-0.1, -0.05) is 6.07 Å². The molecule has 3 rings (SSSR count). The Hall–Kier alpha value is -2.82. The highest BCUT2D eigenvalue weighted by molar-refractivity contribution is 5.89. The number of benzene rings is 1. The van der Waals surface area contributed by atoms with Gasteiger partial charge >= 0.3 is 5.97 Å². The van der Waals surface area contributed by atoms with Gasteiger partial charge in [-0.2, -0.15) is 0 Å². The van der Waals surface area contributed by atoms with Gasteiger partial charge in [0.2, 0.25) is 0 Å². The van der Waals surface area contributed by atoms with Crippen molar-refractivity contribution in [3.63, 3.8) is 0 Å². The van der Waals surface area contributed by atoms with Crippen molar-refractivity contribution in [3.8, 4) is 5.75 Å². The zero-order valence-electron chi connectivity index (χ0n) is 12.4. The minimum atomic E-state index is -0.368. The molecular formula is C17H16N2O3. The highest BCUT2D eigenvalue weighted by Gasteiger charge is 2.12. The maximum Gasteiger partial charge on any atom is 0.338 e. The van der Waals surface area contributed by atoms with Crippen LogP contribution in [-0.4, -0.2) is 22.5 Å². The second kappa shape index (κ2) is 5.89. The van der Waals surface area contributed by atoms with Crippen molar-refractivity contribution in [1.29, 1.82) is 0 Å². The zero-order valence-corrected chi connectivity index (χ0v) is 12.4. The van der Waals surface area contributed by atoms with Crippen LogP contribution < -0.4 is 4.74 Å². The fourth-order valence-corrected chi connectivity index (χ4v) is 2.28. The minimum absolute atomic E-state index is 0.182. The van der Waals surface area contributed by atoms with Crippen LogP contribution in [-0.2, 0) is 11.3 Å². The zero-order chi connectivity index (χ0) is 15.5. The van der Waals surface area contributed by atoms with E-state index in [2.05, 4.69) is 4.98 Å². The van der Waals surface area contributed by atoms with E-state index in [4.69, 9.17) is 9.47 Å². The van der Waals surface area contributed by atoms with Gasteiger partial charge in [0.05, 0.1) is 24.1 Å². The van der Waals surface area contributed by atoms with Crippen molar-refractivity contribution in [3.05, 3.63) is 65.6 Å². The number of methoxy groups -OCH3 is 1. The first kappa shape index (κ1) is 14.1. The van der Waals surface area contributed by atoms with Gasteiger partial charge in [0.15, 0.2) is 0 Å². The molecule has 2 heterocycles.